The van der Waals surface area contributed by atoms with E-state index in [2.05, 4.69) is 4.98 Å². The van der Waals surface area contributed by atoms with E-state index in [0.717, 1.165) is 12.8 Å². The standard InChI is InChI=1S/C12H15NO4/c14-10(9-4-3-7-13-9)8-17-11(15)12(16)5-1-2-6-12/h3-4,7,13,16H,1-2,5-6,8H2. The number of ketones is 1. The van der Waals surface area contributed by atoms with Crippen molar-refractivity contribution < 1.29 is 19.4 Å². The van der Waals surface area contributed by atoms with Crippen LogP contribution < -0.4 is 0 Å². The lowest BCUT2D eigenvalue weighted by molar-refractivity contribution is -0.163. The van der Waals surface area contributed by atoms with Crippen LogP contribution in [0.4, 0.5) is 0 Å². The second-order valence-corrected chi connectivity index (χ2v) is 4.32. The van der Waals surface area contributed by atoms with Crippen LogP contribution in [0.3, 0.4) is 0 Å². The first-order valence-electron chi connectivity index (χ1n) is 5.68. The number of H-pyrrole nitrogens is 1. The van der Waals surface area contributed by atoms with E-state index >= 15 is 0 Å². The molecule has 92 valence electrons. The molecule has 1 fully saturated rings. The Hall–Kier alpha value is -1.62. The van der Waals surface area contributed by atoms with Crippen LogP contribution in [0.2, 0.25) is 0 Å². The van der Waals surface area contributed by atoms with Gasteiger partial charge in [-0.3, -0.25) is 4.79 Å². The zero-order valence-electron chi connectivity index (χ0n) is 9.44. The number of hydrogen-bond donors (Lipinski definition) is 2. The van der Waals surface area contributed by atoms with E-state index in [4.69, 9.17) is 4.74 Å². The van der Waals surface area contributed by atoms with Gasteiger partial charge in [0.2, 0.25) is 5.78 Å². The molecule has 0 amide bonds. The third-order valence-corrected chi connectivity index (χ3v) is 3.04. The third kappa shape index (κ3) is 2.55. The lowest BCUT2D eigenvalue weighted by Gasteiger charge is -2.19. The minimum Gasteiger partial charge on any atom is -0.455 e. The lowest BCUT2D eigenvalue weighted by Crippen LogP contribution is -2.38. The van der Waals surface area contributed by atoms with E-state index in [1.807, 2.05) is 0 Å². The Morgan fingerprint density at radius 2 is 2.12 bits per heavy atom. The second kappa shape index (κ2) is 4.71. The number of aromatic amines is 1. The van der Waals surface area contributed by atoms with E-state index in [1.54, 1.807) is 18.3 Å². The molecule has 0 unspecified atom stereocenters. The van der Waals surface area contributed by atoms with Crippen LogP contribution >= 0.6 is 0 Å². The molecule has 0 aliphatic heterocycles. The monoisotopic (exact) mass is 237 g/mol. The number of rotatable bonds is 4. The van der Waals surface area contributed by atoms with Gasteiger partial charge in [-0.1, -0.05) is 0 Å². The molecule has 0 atom stereocenters. The molecule has 0 radical (unpaired) electrons. The Morgan fingerprint density at radius 3 is 2.71 bits per heavy atom. The maximum absolute atomic E-state index is 11.6. The molecule has 5 nitrogen and oxygen atoms in total. The average Bonchev–Trinajstić information content (AvgIpc) is 2.96. The second-order valence-electron chi connectivity index (χ2n) is 4.32. The summed E-state index contributed by atoms with van der Waals surface area (Å²) in [7, 11) is 0. The smallest absolute Gasteiger partial charge is 0.338 e. The molecule has 1 heterocycles. The normalized spacial score (nSPS) is 17.9. The van der Waals surface area contributed by atoms with Gasteiger partial charge < -0.3 is 14.8 Å². The summed E-state index contributed by atoms with van der Waals surface area (Å²) in [6.45, 7) is -0.332. The number of nitrogens with one attached hydrogen (secondary N) is 1. The zero-order chi connectivity index (χ0) is 12.3. The summed E-state index contributed by atoms with van der Waals surface area (Å²) < 4.78 is 4.86. The van der Waals surface area contributed by atoms with Crippen molar-refractivity contribution >= 4 is 11.8 Å². The Bertz CT molecular complexity index is 404. The Kier molecular flexibility index (Phi) is 3.28. The number of esters is 1. The van der Waals surface area contributed by atoms with Crippen LogP contribution in [0.1, 0.15) is 36.2 Å². The molecular formula is C12H15NO4. The van der Waals surface area contributed by atoms with Crippen molar-refractivity contribution in [3.63, 3.8) is 0 Å². The first-order valence-corrected chi connectivity index (χ1v) is 5.68. The number of aromatic nitrogens is 1. The van der Waals surface area contributed by atoms with Gasteiger partial charge in [-0.05, 0) is 37.8 Å². The van der Waals surface area contributed by atoms with E-state index in [9.17, 15) is 14.7 Å². The maximum Gasteiger partial charge on any atom is 0.338 e. The lowest BCUT2D eigenvalue weighted by atomic mass is 10.0. The topological polar surface area (TPSA) is 79.4 Å². The molecule has 1 aliphatic rings. The fourth-order valence-electron chi connectivity index (χ4n) is 2.01. The number of carbonyl (C=O) groups is 2. The number of Topliss-reactive ketones (excluding diaryl/α,β-unsaturated/α-hetero) is 1. The van der Waals surface area contributed by atoms with E-state index in [1.165, 1.54) is 0 Å². The van der Waals surface area contributed by atoms with Gasteiger partial charge in [0.05, 0.1) is 5.69 Å². The Balaban J connectivity index is 1.86. The predicted molar refractivity (Wildman–Crippen MR) is 59.5 cm³/mol. The van der Waals surface area contributed by atoms with Crippen molar-refractivity contribution in [1.82, 2.24) is 4.98 Å². The summed E-state index contributed by atoms with van der Waals surface area (Å²) in [4.78, 5) is 25.9. The molecule has 17 heavy (non-hydrogen) atoms. The SMILES string of the molecule is O=C(COC(=O)C1(O)CCCC1)c1ccc[nH]1. The molecule has 0 bridgehead atoms. The Labute approximate surface area is 98.8 Å². The maximum atomic E-state index is 11.6. The van der Waals surface area contributed by atoms with E-state index < -0.39 is 11.6 Å². The largest absolute Gasteiger partial charge is 0.455 e. The Morgan fingerprint density at radius 1 is 1.41 bits per heavy atom. The molecule has 1 aliphatic carbocycles. The van der Waals surface area contributed by atoms with Gasteiger partial charge in [0.25, 0.3) is 0 Å². The molecule has 1 aromatic heterocycles. The molecule has 1 aromatic rings. The van der Waals surface area contributed by atoms with Crippen molar-refractivity contribution in [3.8, 4) is 0 Å². The third-order valence-electron chi connectivity index (χ3n) is 3.04. The van der Waals surface area contributed by atoms with Crippen molar-refractivity contribution in [1.29, 1.82) is 0 Å². The van der Waals surface area contributed by atoms with E-state index in [-0.39, 0.29) is 12.4 Å². The minimum absolute atomic E-state index is 0.301. The predicted octanol–water partition coefficient (Wildman–Crippen LogP) is 1.05. The van der Waals surface area contributed by atoms with Gasteiger partial charge in [-0.15, -0.1) is 0 Å². The minimum atomic E-state index is -1.38. The van der Waals surface area contributed by atoms with Gasteiger partial charge in [0.15, 0.2) is 12.2 Å². The van der Waals surface area contributed by atoms with Gasteiger partial charge in [-0.2, -0.15) is 0 Å². The number of aliphatic hydroxyl groups is 1. The van der Waals surface area contributed by atoms with Crippen LogP contribution in [0.5, 0.6) is 0 Å². The van der Waals surface area contributed by atoms with Gasteiger partial charge in [-0.25, -0.2) is 4.79 Å². The summed E-state index contributed by atoms with van der Waals surface area (Å²) in [6.07, 6.45) is 4.09. The highest BCUT2D eigenvalue weighted by atomic mass is 16.6. The van der Waals surface area contributed by atoms with Crippen molar-refractivity contribution in [2.45, 2.75) is 31.3 Å². The molecular weight excluding hydrogens is 222 g/mol. The first-order chi connectivity index (χ1) is 8.12. The highest BCUT2D eigenvalue weighted by molar-refractivity contribution is 5.96. The van der Waals surface area contributed by atoms with Crippen LogP contribution in [0, 0.1) is 0 Å². The summed E-state index contributed by atoms with van der Waals surface area (Å²) in [5.41, 5.74) is -0.980. The van der Waals surface area contributed by atoms with Crippen LogP contribution in [0.25, 0.3) is 0 Å². The zero-order valence-corrected chi connectivity index (χ0v) is 9.44. The summed E-state index contributed by atoms with van der Waals surface area (Å²) in [5.74, 6) is -0.986. The summed E-state index contributed by atoms with van der Waals surface area (Å²) >= 11 is 0. The molecule has 5 heteroatoms. The summed E-state index contributed by atoms with van der Waals surface area (Å²) in [6, 6.07) is 3.31. The number of hydrogen-bond acceptors (Lipinski definition) is 4. The quantitative estimate of drug-likeness (QED) is 0.606. The highest BCUT2D eigenvalue weighted by Crippen LogP contribution is 2.30. The molecule has 2 rings (SSSR count). The summed E-state index contributed by atoms with van der Waals surface area (Å²) in [5, 5.41) is 9.91. The molecule has 1 saturated carbocycles. The van der Waals surface area contributed by atoms with Crippen molar-refractivity contribution in [3.05, 3.63) is 24.0 Å². The van der Waals surface area contributed by atoms with Crippen molar-refractivity contribution in [2.24, 2.45) is 0 Å². The molecule has 0 saturated heterocycles. The highest BCUT2D eigenvalue weighted by Gasteiger charge is 2.40. The molecule has 0 spiro atoms. The molecule has 2 N–H and O–H groups in total. The van der Waals surface area contributed by atoms with Gasteiger partial charge in [0.1, 0.15) is 0 Å². The average molecular weight is 237 g/mol. The van der Waals surface area contributed by atoms with Gasteiger partial charge in [0, 0.05) is 6.20 Å². The fraction of sp³-hybridized carbons (Fsp3) is 0.500. The van der Waals surface area contributed by atoms with Crippen molar-refractivity contribution in [2.75, 3.05) is 6.61 Å². The molecule has 0 aromatic carbocycles. The van der Waals surface area contributed by atoms with E-state index in [0.29, 0.717) is 18.5 Å². The number of carbonyl (C=O) groups excluding carboxylic acids is 2. The fourth-order valence-corrected chi connectivity index (χ4v) is 2.01. The number of ether oxygens (including phenoxy) is 1. The van der Waals surface area contributed by atoms with Crippen LogP contribution in [-0.4, -0.2) is 34.1 Å². The van der Waals surface area contributed by atoms with Gasteiger partial charge >= 0.3 is 5.97 Å². The first kappa shape index (κ1) is 11.9. The van der Waals surface area contributed by atoms with Crippen LogP contribution in [-0.2, 0) is 9.53 Å². The van der Waals surface area contributed by atoms with Crippen LogP contribution in [0.15, 0.2) is 18.3 Å².